The Bertz CT molecular complexity index is 481. The lowest BCUT2D eigenvalue weighted by Gasteiger charge is -2.31. The minimum absolute atomic E-state index is 0. The Hall–Kier alpha value is -1.26. The fraction of sp³-hybridized carbons (Fsp3) is 0.562. The summed E-state index contributed by atoms with van der Waals surface area (Å²) in [5.74, 6) is -0.218. The molecule has 0 unspecified atom stereocenters. The first-order valence-corrected chi connectivity index (χ1v) is 6.94. The Morgan fingerprint density at radius 2 is 1.81 bits per heavy atom. The Kier molecular flexibility index (Phi) is 5.65. The first-order chi connectivity index (χ1) is 9.32. The zero-order valence-electron chi connectivity index (χ0n) is 13.0. The molecule has 118 valence electrons. The van der Waals surface area contributed by atoms with Crippen LogP contribution in [-0.2, 0) is 4.79 Å². The van der Waals surface area contributed by atoms with Gasteiger partial charge in [-0.3, -0.25) is 9.69 Å². The van der Waals surface area contributed by atoms with Crippen molar-refractivity contribution in [2.45, 2.75) is 32.2 Å². The molecule has 0 bridgehead atoms. The minimum atomic E-state index is -0.711. The standard InChI is InChI=1S/C16H23NO3.ClH/c1-16(2,3)17-9-13(14(10-17)15(18)19)11-5-7-12(20-4)8-6-11;/h5-8,13-14H,9-10H2,1-4H3,(H,18,19);1H/t13-,14+;/m0./s1. The van der Waals surface area contributed by atoms with Gasteiger partial charge in [0.25, 0.3) is 0 Å². The maximum Gasteiger partial charge on any atom is 0.308 e. The predicted octanol–water partition coefficient (Wildman–Crippen LogP) is 3.02. The van der Waals surface area contributed by atoms with Crippen molar-refractivity contribution in [1.82, 2.24) is 4.90 Å². The summed E-state index contributed by atoms with van der Waals surface area (Å²) in [5.41, 5.74) is 1.07. The van der Waals surface area contributed by atoms with Crippen LogP contribution in [0.2, 0.25) is 0 Å². The molecule has 1 aromatic carbocycles. The van der Waals surface area contributed by atoms with Crippen LogP contribution in [0, 0.1) is 5.92 Å². The number of halogens is 1. The fourth-order valence-electron chi connectivity index (χ4n) is 2.79. The van der Waals surface area contributed by atoms with Crippen LogP contribution in [0.15, 0.2) is 24.3 Å². The van der Waals surface area contributed by atoms with E-state index in [9.17, 15) is 9.90 Å². The van der Waals surface area contributed by atoms with Crippen LogP contribution in [-0.4, -0.2) is 41.7 Å². The van der Waals surface area contributed by atoms with Crippen LogP contribution in [0.5, 0.6) is 5.75 Å². The van der Waals surface area contributed by atoms with Crippen LogP contribution in [0.1, 0.15) is 32.3 Å². The quantitative estimate of drug-likeness (QED) is 0.932. The van der Waals surface area contributed by atoms with Crippen LogP contribution < -0.4 is 4.74 Å². The maximum atomic E-state index is 11.5. The van der Waals surface area contributed by atoms with Crippen LogP contribution in [0.4, 0.5) is 0 Å². The van der Waals surface area contributed by atoms with Crippen molar-refractivity contribution in [2.75, 3.05) is 20.2 Å². The first-order valence-electron chi connectivity index (χ1n) is 6.94. The second kappa shape index (κ2) is 6.67. The van der Waals surface area contributed by atoms with Gasteiger partial charge in [-0.25, -0.2) is 0 Å². The molecule has 1 saturated heterocycles. The zero-order chi connectivity index (χ0) is 14.9. The Morgan fingerprint density at radius 1 is 1.24 bits per heavy atom. The molecular formula is C16H24ClNO3. The smallest absolute Gasteiger partial charge is 0.308 e. The molecule has 2 atom stereocenters. The van der Waals surface area contributed by atoms with E-state index in [0.717, 1.165) is 17.9 Å². The van der Waals surface area contributed by atoms with Gasteiger partial charge in [-0.05, 0) is 38.5 Å². The third kappa shape index (κ3) is 3.89. The summed E-state index contributed by atoms with van der Waals surface area (Å²) in [6, 6.07) is 7.75. The van der Waals surface area contributed by atoms with E-state index in [2.05, 4.69) is 25.7 Å². The van der Waals surface area contributed by atoms with Crippen molar-refractivity contribution in [1.29, 1.82) is 0 Å². The fourth-order valence-corrected chi connectivity index (χ4v) is 2.79. The first kappa shape index (κ1) is 17.8. The zero-order valence-corrected chi connectivity index (χ0v) is 13.8. The number of aliphatic carboxylic acids is 1. The third-order valence-corrected chi connectivity index (χ3v) is 4.13. The summed E-state index contributed by atoms with van der Waals surface area (Å²) in [6.45, 7) is 7.77. The van der Waals surface area contributed by atoms with Gasteiger partial charge in [0.15, 0.2) is 0 Å². The van der Waals surface area contributed by atoms with Gasteiger partial charge < -0.3 is 9.84 Å². The van der Waals surface area contributed by atoms with E-state index in [1.807, 2.05) is 24.3 Å². The van der Waals surface area contributed by atoms with Crippen LogP contribution >= 0.6 is 12.4 Å². The highest BCUT2D eigenvalue weighted by molar-refractivity contribution is 5.85. The molecule has 1 aromatic rings. The van der Waals surface area contributed by atoms with Crippen molar-refractivity contribution >= 4 is 18.4 Å². The largest absolute Gasteiger partial charge is 0.497 e. The molecule has 1 N–H and O–H groups in total. The number of hydrogen-bond acceptors (Lipinski definition) is 3. The summed E-state index contributed by atoms with van der Waals surface area (Å²) >= 11 is 0. The number of ether oxygens (including phenoxy) is 1. The lowest BCUT2D eigenvalue weighted by atomic mass is 9.89. The Balaban J connectivity index is 0.00000220. The molecule has 21 heavy (non-hydrogen) atoms. The number of hydrogen-bond donors (Lipinski definition) is 1. The Morgan fingerprint density at radius 3 is 2.24 bits per heavy atom. The molecule has 5 heteroatoms. The van der Waals surface area contributed by atoms with Crippen molar-refractivity contribution in [2.24, 2.45) is 5.92 Å². The molecule has 4 nitrogen and oxygen atoms in total. The lowest BCUT2D eigenvalue weighted by Crippen LogP contribution is -2.40. The van der Waals surface area contributed by atoms with Gasteiger partial charge in [0.1, 0.15) is 5.75 Å². The average Bonchev–Trinajstić information content (AvgIpc) is 2.84. The summed E-state index contributed by atoms with van der Waals surface area (Å²) in [5, 5.41) is 9.48. The summed E-state index contributed by atoms with van der Waals surface area (Å²) in [4.78, 5) is 13.8. The van der Waals surface area contributed by atoms with Gasteiger partial charge in [-0.2, -0.15) is 0 Å². The van der Waals surface area contributed by atoms with Crippen molar-refractivity contribution in [3.8, 4) is 5.75 Å². The molecule has 2 rings (SSSR count). The number of carbonyl (C=O) groups is 1. The topological polar surface area (TPSA) is 49.8 Å². The number of rotatable bonds is 3. The van der Waals surface area contributed by atoms with E-state index >= 15 is 0 Å². The molecule has 0 radical (unpaired) electrons. The number of methoxy groups -OCH3 is 1. The van der Waals surface area contributed by atoms with Gasteiger partial charge in [-0.15, -0.1) is 12.4 Å². The van der Waals surface area contributed by atoms with E-state index < -0.39 is 5.97 Å². The molecule has 1 aliphatic rings. The number of carboxylic acid groups (broad SMARTS) is 1. The second-order valence-corrected chi connectivity index (χ2v) is 6.40. The predicted molar refractivity (Wildman–Crippen MR) is 85.4 cm³/mol. The van der Waals surface area contributed by atoms with Gasteiger partial charge in [0, 0.05) is 24.5 Å². The molecule has 0 spiro atoms. The molecular weight excluding hydrogens is 290 g/mol. The Labute approximate surface area is 132 Å². The monoisotopic (exact) mass is 313 g/mol. The molecule has 0 saturated carbocycles. The minimum Gasteiger partial charge on any atom is -0.497 e. The van der Waals surface area contributed by atoms with Crippen molar-refractivity contribution in [3.63, 3.8) is 0 Å². The highest BCUT2D eigenvalue weighted by atomic mass is 35.5. The number of benzene rings is 1. The number of carboxylic acids is 1. The van der Waals surface area contributed by atoms with Gasteiger partial charge in [0.2, 0.25) is 0 Å². The highest BCUT2D eigenvalue weighted by Crippen LogP contribution is 2.36. The van der Waals surface area contributed by atoms with Gasteiger partial charge in [0.05, 0.1) is 13.0 Å². The summed E-state index contributed by atoms with van der Waals surface area (Å²) in [6.07, 6.45) is 0. The normalized spacial score (nSPS) is 22.7. The molecule has 1 fully saturated rings. The van der Waals surface area contributed by atoms with Crippen molar-refractivity contribution in [3.05, 3.63) is 29.8 Å². The van der Waals surface area contributed by atoms with Crippen molar-refractivity contribution < 1.29 is 14.6 Å². The third-order valence-electron chi connectivity index (χ3n) is 4.13. The molecule has 0 aliphatic carbocycles. The van der Waals surface area contributed by atoms with E-state index in [0.29, 0.717) is 6.54 Å². The second-order valence-electron chi connectivity index (χ2n) is 6.40. The average molecular weight is 314 g/mol. The van der Waals surface area contributed by atoms with E-state index in [1.165, 1.54) is 0 Å². The highest BCUT2D eigenvalue weighted by Gasteiger charge is 2.41. The van der Waals surface area contributed by atoms with E-state index in [1.54, 1.807) is 7.11 Å². The number of likely N-dealkylation sites (tertiary alicyclic amines) is 1. The van der Waals surface area contributed by atoms with Gasteiger partial charge in [-0.1, -0.05) is 12.1 Å². The SMILES string of the molecule is COc1ccc([C@@H]2CN(C(C)(C)C)C[C@H]2C(=O)O)cc1.Cl. The maximum absolute atomic E-state index is 11.5. The number of nitrogens with zero attached hydrogens (tertiary/aromatic N) is 1. The van der Waals surface area contributed by atoms with Gasteiger partial charge >= 0.3 is 5.97 Å². The molecule has 1 aliphatic heterocycles. The van der Waals surface area contributed by atoms with E-state index in [-0.39, 0.29) is 29.8 Å². The summed E-state index contributed by atoms with van der Waals surface area (Å²) < 4.78 is 5.15. The molecule has 1 heterocycles. The molecule has 0 amide bonds. The van der Waals surface area contributed by atoms with E-state index in [4.69, 9.17) is 4.74 Å². The summed E-state index contributed by atoms with van der Waals surface area (Å²) in [7, 11) is 1.63. The molecule has 0 aromatic heterocycles. The lowest BCUT2D eigenvalue weighted by molar-refractivity contribution is -0.141. The van der Waals surface area contributed by atoms with Crippen LogP contribution in [0.25, 0.3) is 0 Å². The van der Waals surface area contributed by atoms with Crippen LogP contribution in [0.3, 0.4) is 0 Å².